The molecule has 2 rings (SSSR count). The van der Waals surface area contributed by atoms with Crippen molar-refractivity contribution in [3.05, 3.63) is 68.3 Å². The van der Waals surface area contributed by atoms with Gasteiger partial charge in [-0.15, -0.1) is 0 Å². The van der Waals surface area contributed by atoms with E-state index >= 15 is 0 Å². The topological polar surface area (TPSA) is 137 Å². The fourth-order valence-corrected chi connectivity index (χ4v) is 2.74. The highest BCUT2D eigenvalue weighted by atomic mass is 19.4. The van der Waals surface area contributed by atoms with Gasteiger partial charge in [-0.1, -0.05) is 0 Å². The zero-order chi connectivity index (χ0) is 33.4. The number of hydrogen-bond acceptors (Lipinski definition) is 7. The van der Waals surface area contributed by atoms with Gasteiger partial charge in [0.2, 0.25) is 5.75 Å². The zero-order valence-corrected chi connectivity index (χ0v) is 19.8. The Kier molecular flexibility index (Phi) is 8.95. The minimum atomic E-state index is -8.17. The molecule has 2 aromatic rings. The lowest BCUT2D eigenvalue weighted by molar-refractivity contribution is -0.436. The minimum Gasteiger partial charge on any atom is -0.450 e. The molecule has 1 N–H and O–H groups in total. The summed E-state index contributed by atoms with van der Waals surface area (Å²) < 4.78 is 176. The number of carbonyl (C=O) groups excluding carboxylic acids is 1. The number of carbonyl (C=O) groups is 1. The fraction of sp³-hybridized carbons (Fsp3) is 0.300. The number of nitro groups is 2. The molecule has 0 saturated heterocycles. The van der Waals surface area contributed by atoms with E-state index in [-0.39, 0.29) is 11.3 Å². The van der Waals surface area contributed by atoms with Crippen molar-refractivity contribution in [1.29, 1.82) is 0 Å². The molecule has 2 aromatic carbocycles. The number of nitro benzene ring substituents is 2. The summed E-state index contributed by atoms with van der Waals surface area (Å²) >= 11 is 0. The maximum absolute atomic E-state index is 13.8. The summed E-state index contributed by atoms with van der Waals surface area (Å²) in [7, 11) is 0. The number of nitrogens with zero attached hydrogens (tertiary/aromatic N) is 3. The number of halogens is 13. The molecule has 0 radical (unpaired) electrons. The van der Waals surface area contributed by atoms with Gasteiger partial charge < -0.3 is 4.74 Å². The number of hydrazone groups is 1. The van der Waals surface area contributed by atoms with Crippen LogP contribution in [0.25, 0.3) is 0 Å². The number of rotatable bonds is 11. The van der Waals surface area contributed by atoms with Crippen LogP contribution < -0.4 is 10.2 Å². The molecule has 0 unspecified atom stereocenters. The van der Waals surface area contributed by atoms with E-state index in [0.717, 1.165) is 36.4 Å². The molecule has 0 fully saturated rings. The Bertz CT molecular complexity index is 1430. The molecule has 0 atom stereocenters. The standard InChI is InChI=1S/C20H9F13N4O6/c21-15(22,16(23,24)17(25,26)18(27,28)19(29,30)20(31,32)33)14(38)35-34-8-9-1-4-11(5-2-9)43-13-6-3-10(36(39)40)7-12(13)37(41)42/h1-8H,(H,35,38)/b34-8+. The van der Waals surface area contributed by atoms with Gasteiger partial charge in [0.05, 0.1) is 22.1 Å². The van der Waals surface area contributed by atoms with Gasteiger partial charge in [-0.3, -0.25) is 25.0 Å². The van der Waals surface area contributed by atoms with Gasteiger partial charge in [0.1, 0.15) is 5.75 Å². The van der Waals surface area contributed by atoms with Gasteiger partial charge in [-0.05, 0) is 35.9 Å². The van der Waals surface area contributed by atoms with E-state index < -0.39 is 68.7 Å². The van der Waals surface area contributed by atoms with Crippen LogP contribution >= 0.6 is 0 Å². The normalized spacial score (nSPS) is 13.6. The van der Waals surface area contributed by atoms with Crippen molar-refractivity contribution in [3.8, 4) is 11.5 Å². The van der Waals surface area contributed by atoms with Gasteiger partial charge in [-0.2, -0.15) is 62.2 Å². The minimum absolute atomic E-state index is 0.219. The van der Waals surface area contributed by atoms with Crippen LogP contribution in [-0.2, 0) is 4.79 Å². The summed E-state index contributed by atoms with van der Waals surface area (Å²) in [5.41, 5.74) is -1.25. The largest absolute Gasteiger partial charge is 0.460 e. The van der Waals surface area contributed by atoms with Crippen molar-refractivity contribution >= 4 is 23.5 Å². The molecule has 0 spiro atoms. The summed E-state index contributed by atoms with van der Waals surface area (Å²) in [6.07, 6.45) is -7.27. The molecule has 0 saturated carbocycles. The maximum Gasteiger partial charge on any atom is 0.460 e. The van der Waals surface area contributed by atoms with E-state index in [9.17, 15) is 82.1 Å². The molecule has 0 aliphatic heterocycles. The second kappa shape index (κ2) is 11.2. The van der Waals surface area contributed by atoms with E-state index in [2.05, 4.69) is 5.10 Å². The first kappa shape index (κ1) is 34.5. The fourth-order valence-electron chi connectivity index (χ4n) is 2.74. The average Bonchev–Trinajstić information content (AvgIpc) is 2.88. The monoisotopic (exact) mass is 648 g/mol. The Balaban J connectivity index is 2.21. The van der Waals surface area contributed by atoms with Crippen molar-refractivity contribution in [2.45, 2.75) is 35.8 Å². The first-order chi connectivity index (χ1) is 19.3. The molecular formula is C20H9F13N4O6. The third-order valence-electron chi connectivity index (χ3n) is 5.06. The zero-order valence-electron chi connectivity index (χ0n) is 19.8. The molecule has 0 aliphatic carbocycles. The summed E-state index contributed by atoms with van der Waals surface area (Å²) in [6.45, 7) is 0. The van der Waals surface area contributed by atoms with Gasteiger partial charge in [0, 0.05) is 6.07 Å². The quantitative estimate of drug-likeness (QED) is 0.128. The van der Waals surface area contributed by atoms with Crippen LogP contribution in [0.1, 0.15) is 5.56 Å². The summed E-state index contributed by atoms with van der Waals surface area (Å²) in [6, 6.07) is 6.09. The Labute approximate surface area is 227 Å². The number of benzene rings is 2. The van der Waals surface area contributed by atoms with Crippen LogP contribution in [0.2, 0.25) is 0 Å². The predicted octanol–water partition coefficient (Wildman–Crippen LogP) is 6.48. The number of hydrogen-bond donors (Lipinski definition) is 1. The smallest absolute Gasteiger partial charge is 0.450 e. The lowest BCUT2D eigenvalue weighted by Gasteiger charge is -2.38. The van der Waals surface area contributed by atoms with Crippen LogP contribution in [0.15, 0.2) is 47.6 Å². The molecule has 0 heterocycles. The van der Waals surface area contributed by atoms with E-state index in [1.165, 1.54) is 0 Å². The second-order valence-corrected chi connectivity index (χ2v) is 7.91. The molecule has 0 aromatic heterocycles. The Morgan fingerprint density at radius 3 is 1.72 bits per heavy atom. The van der Waals surface area contributed by atoms with Crippen molar-refractivity contribution in [2.75, 3.05) is 0 Å². The average molecular weight is 648 g/mol. The third-order valence-corrected chi connectivity index (χ3v) is 5.06. The van der Waals surface area contributed by atoms with E-state index in [1.807, 2.05) is 0 Å². The van der Waals surface area contributed by atoms with Crippen molar-refractivity contribution in [1.82, 2.24) is 5.43 Å². The van der Waals surface area contributed by atoms with E-state index in [0.29, 0.717) is 17.7 Å². The van der Waals surface area contributed by atoms with Gasteiger partial charge in [0.15, 0.2) is 0 Å². The molecule has 23 heteroatoms. The Morgan fingerprint density at radius 2 is 1.26 bits per heavy atom. The molecule has 43 heavy (non-hydrogen) atoms. The number of ether oxygens (including phenoxy) is 1. The third kappa shape index (κ3) is 6.09. The first-order valence-corrected chi connectivity index (χ1v) is 10.3. The molecule has 236 valence electrons. The number of alkyl halides is 13. The number of non-ortho nitro benzene ring substituents is 1. The van der Waals surface area contributed by atoms with Gasteiger partial charge >= 0.3 is 47.4 Å². The molecular weight excluding hydrogens is 639 g/mol. The van der Waals surface area contributed by atoms with Crippen LogP contribution in [0, 0.1) is 20.2 Å². The van der Waals surface area contributed by atoms with Crippen molar-refractivity contribution in [2.24, 2.45) is 5.10 Å². The van der Waals surface area contributed by atoms with Crippen LogP contribution in [-0.4, -0.2) is 57.8 Å². The lowest BCUT2D eigenvalue weighted by Crippen LogP contribution is -2.71. The van der Waals surface area contributed by atoms with Crippen molar-refractivity contribution in [3.63, 3.8) is 0 Å². The van der Waals surface area contributed by atoms with Crippen LogP contribution in [0.4, 0.5) is 68.5 Å². The molecule has 10 nitrogen and oxygen atoms in total. The highest BCUT2D eigenvalue weighted by molar-refractivity contribution is 5.87. The predicted molar refractivity (Wildman–Crippen MR) is 113 cm³/mol. The molecule has 0 bridgehead atoms. The maximum atomic E-state index is 13.8. The summed E-state index contributed by atoms with van der Waals surface area (Å²) in [5.74, 6) is -43.5. The first-order valence-electron chi connectivity index (χ1n) is 10.3. The second-order valence-electron chi connectivity index (χ2n) is 7.91. The van der Waals surface area contributed by atoms with Crippen molar-refractivity contribution < 1.29 is 76.5 Å². The Hall–Kier alpha value is -4.73. The van der Waals surface area contributed by atoms with E-state index in [1.54, 1.807) is 0 Å². The van der Waals surface area contributed by atoms with Crippen LogP contribution in [0.5, 0.6) is 11.5 Å². The van der Waals surface area contributed by atoms with E-state index in [4.69, 9.17) is 4.74 Å². The van der Waals surface area contributed by atoms with Crippen LogP contribution in [0.3, 0.4) is 0 Å². The number of amides is 1. The SMILES string of the molecule is O=C(N/N=C/c1ccc(Oc2ccc([N+](=O)[O-])cc2[N+](=O)[O-])cc1)C(F)(F)C(F)(F)C(F)(F)C(F)(F)C(F)(F)C(F)(F)F. The number of nitrogens with one attached hydrogen (secondary N) is 1. The Morgan fingerprint density at radius 1 is 0.744 bits per heavy atom. The lowest BCUT2D eigenvalue weighted by atomic mass is 9.93. The summed E-state index contributed by atoms with van der Waals surface area (Å²) in [4.78, 5) is 31.3. The van der Waals surface area contributed by atoms with Gasteiger partial charge in [0.25, 0.3) is 5.69 Å². The highest BCUT2D eigenvalue weighted by Gasteiger charge is 2.91. The molecule has 1 amide bonds. The molecule has 0 aliphatic rings. The summed E-state index contributed by atoms with van der Waals surface area (Å²) in [5, 5.41) is 24.5. The highest BCUT2D eigenvalue weighted by Crippen LogP contribution is 2.60. The van der Waals surface area contributed by atoms with Gasteiger partial charge in [-0.25, -0.2) is 5.43 Å².